The van der Waals surface area contributed by atoms with E-state index in [2.05, 4.69) is 10.2 Å². The summed E-state index contributed by atoms with van der Waals surface area (Å²) in [7, 11) is 2.05. The quantitative estimate of drug-likeness (QED) is 0.835. The molecule has 0 atom stereocenters. The largest absolute Gasteiger partial charge is 0.343 e. The summed E-state index contributed by atoms with van der Waals surface area (Å²) in [6.07, 6.45) is 2.36. The van der Waals surface area contributed by atoms with E-state index in [1.54, 1.807) is 6.08 Å². The van der Waals surface area contributed by atoms with Crippen molar-refractivity contribution in [2.24, 2.45) is 0 Å². The van der Waals surface area contributed by atoms with Crippen LogP contribution in [-0.2, 0) is 9.59 Å². The summed E-state index contributed by atoms with van der Waals surface area (Å²) in [6.45, 7) is 5.30. The van der Waals surface area contributed by atoms with E-state index in [9.17, 15) is 9.59 Å². The molecule has 0 aromatic heterocycles. The third-order valence-electron chi connectivity index (χ3n) is 4.10. The van der Waals surface area contributed by atoms with Gasteiger partial charge < -0.3 is 15.1 Å². The first-order valence-corrected chi connectivity index (χ1v) is 8.10. The number of amides is 2. The molecule has 1 fully saturated rings. The van der Waals surface area contributed by atoms with Crippen molar-refractivity contribution in [2.45, 2.75) is 13.3 Å². The van der Waals surface area contributed by atoms with Crippen molar-refractivity contribution in [2.75, 3.05) is 39.8 Å². The summed E-state index contributed by atoms with van der Waals surface area (Å²) in [5.41, 5.74) is 2.01. The first kappa shape index (κ1) is 17.2. The van der Waals surface area contributed by atoms with Gasteiger partial charge in [0.05, 0.1) is 6.54 Å². The van der Waals surface area contributed by atoms with Gasteiger partial charge in [0.15, 0.2) is 0 Å². The Morgan fingerprint density at radius 1 is 1.13 bits per heavy atom. The molecule has 1 aromatic carbocycles. The fourth-order valence-corrected chi connectivity index (χ4v) is 2.58. The molecule has 0 radical (unpaired) electrons. The van der Waals surface area contributed by atoms with Gasteiger partial charge >= 0.3 is 0 Å². The molecule has 124 valence electrons. The van der Waals surface area contributed by atoms with Crippen LogP contribution in [0, 0.1) is 0 Å². The van der Waals surface area contributed by atoms with E-state index < -0.39 is 0 Å². The second kappa shape index (κ2) is 8.48. The SMILES string of the molecule is CC/C(=C\C(=O)NCC(=O)N1CCN(C)CC1)c1ccccc1. The predicted molar refractivity (Wildman–Crippen MR) is 91.8 cm³/mol. The van der Waals surface area contributed by atoms with Crippen molar-refractivity contribution in [1.82, 2.24) is 15.1 Å². The normalized spacial score (nSPS) is 16.3. The molecule has 1 N–H and O–H groups in total. The van der Waals surface area contributed by atoms with E-state index in [0.717, 1.165) is 43.7 Å². The van der Waals surface area contributed by atoms with Crippen LogP contribution < -0.4 is 5.32 Å². The van der Waals surface area contributed by atoms with Crippen LogP contribution in [0.2, 0.25) is 0 Å². The highest BCUT2D eigenvalue weighted by Crippen LogP contribution is 2.16. The van der Waals surface area contributed by atoms with Crippen molar-refractivity contribution >= 4 is 17.4 Å². The van der Waals surface area contributed by atoms with Gasteiger partial charge in [0, 0.05) is 32.3 Å². The second-order valence-electron chi connectivity index (χ2n) is 5.79. The third-order valence-corrected chi connectivity index (χ3v) is 4.10. The van der Waals surface area contributed by atoms with Gasteiger partial charge in [0.2, 0.25) is 11.8 Å². The van der Waals surface area contributed by atoms with Crippen LogP contribution in [0.5, 0.6) is 0 Å². The molecule has 1 saturated heterocycles. The zero-order chi connectivity index (χ0) is 16.7. The number of benzene rings is 1. The van der Waals surface area contributed by atoms with Gasteiger partial charge in [-0.3, -0.25) is 9.59 Å². The molecule has 0 aliphatic carbocycles. The molecule has 0 bridgehead atoms. The number of rotatable bonds is 5. The van der Waals surface area contributed by atoms with Gasteiger partial charge in [0.1, 0.15) is 0 Å². The van der Waals surface area contributed by atoms with E-state index >= 15 is 0 Å². The molecule has 0 unspecified atom stereocenters. The molecule has 2 rings (SSSR count). The molecule has 1 aliphatic rings. The molecule has 23 heavy (non-hydrogen) atoms. The Morgan fingerprint density at radius 3 is 2.39 bits per heavy atom. The minimum absolute atomic E-state index is 0.0161. The minimum Gasteiger partial charge on any atom is -0.343 e. The molecule has 5 heteroatoms. The molecular formula is C18H25N3O2. The van der Waals surface area contributed by atoms with Crippen molar-refractivity contribution < 1.29 is 9.59 Å². The predicted octanol–water partition coefficient (Wildman–Crippen LogP) is 1.37. The summed E-state index contributed by atoms with van der Waals surface area (Å²) in [5, 5.41) is 2.71. The third kappa shape index (κ3) is 5.21. The van der Waals surface area contributed by atoms with E-state index in [-0.39, 0.29) is 18.4 Å². The highest BCUT2D eigenvalue weighted by Gasteiger charge is 2.18. The number of hydrogen-bond donors (Lipinski definition) is 1. The summed E-state index contributed by atoms with van der Waals surface area (Å²) < 4.78 is 0. The van der Waals surface area contributed by atoms with Gasteiger partial charge in [-0.2, -0.15) is 0 Å². The fraction of sp³-hybridized carbons (Fsp3) is 0.444. The number of carbonyl (C=O) groups is 2. The number of hydrogen-bond acceptors (Lipinski definition) is 3. The molecule has 1 aromatic rings. The van der Waals surface area contributed by atoms with Crippen LogP contribution in [0.25, 0.3) is 5.57 Å². The number of nitrogens with zero attached hydrogens (tertiary/aromatic N) is 2. The van der Waals surface area contributed by atoms with Crippen LogP contribution in [0.1, 0.15) is 18.9 Å². The highest BCUT2D eigenvalue weighted by atomic mass is 16.2. The average Bonchev–Trinajstić information content (AvgIpc) is 2.59. The molecule has 0 spiro atoms. The lowest BCUT2D eigenvalue weighted by Crippen LogP contribution is -2.49. The van der Waals surface area contributed by atoms with Gasteiger partial charge in [0.25, 0.3) is 0 Å². The lowest BCUT2D eigenvalue weighted by molar-refractivity contribution is -0.133. The topological polar surface area (TPSA) is 52.7 Å². The standard InChI is InChI=1S/C18H25N3O2/c1-3-15(16-7-5-4-6-8-16)13-17(22)19-14-18(23)21-11-9-20(2)10-12-21/h4-8,13H,3,9-12,14H2,1-2H3,(H,19,22)/b15-13+. The summed E-state index contributed by atoms with van der Waals surface area (Å²) in [6, 6.07) is 9.82. The Balaban J connectivity index is 1.86. The smallest absolute Gasteiger partial charge is 0.244 e. The van der Waals surface area contributed by atoms with Crippen molar-refractivity contribution in [3.8, 4) is 0 Å². The minimum atomic E-state index is -0.215. The first-order valence-electron chi connectivity index (χ1n) is 8.10. The van der Waals surface area contributed by atoms with Crippen LogP contribution in [-0.4, -0.2) is 61.4 Å². The number of likely N-dealkylation sites (N-methyl/N-ethyl adjacent to an activating group) is 1. The van der Waals surface area contributed by atoms with E-state index in [1.165, 1.54) is 0 Å². The Labute approximate surface area is 138 Å². The number of carbonyl (C=O) groups excluding carboxylic acids is 2. The number of allylic oxidation sites excluding steroid dienone is 1. The lowest BCUT2D eigenvalue weighted by Gasteiger charge is -2.32. The molecule has 1 heterocycles. The van der Waals surface area contributed by atoms with Gasteiger partial charge in [-0.15, -0.1) is 0 Å². The van der Waals surface area contributed by atoms with Crippen molar-refractivity contribution in [1.29, 1.82) is 0 Å². The maximum Gasteiger partial charge on any atom is 0.244 e. The van der Waals surface area contributed by atoms with Crippen molar-refractivity contribution in [3.05, 3.63) is 42.0 Å². The fourth-order valence-electron chi connectivity index (χ4n) is 2.58. The highest BCUT2D eigenvalue weighted by molar-refractivity contribution is 5.97. The van der Waals surface area contributed by atoms with E-state index in [1.807, 2.05) is 49.2 Å². The first-order chi connectivity index (χ1) is 11.1. The zero-order valence-electron chi connectivity index (χ0n) is 13.9. The lowest BCUT2D eigenvalue weighted by atomic mass is 10.0. The summed E-state index contributed by atoms with van der Waals surface area (Å²) >= 11 is 0. The summed E-state index contributed by atoms with van der Waals surface area (Å²) in [5.74, 6) is -0.231. The van der Waals surface area contributed by atoms with Gasteiger partial charge in [-0.1, -0.05) is 37.3 Å². The van der Waals surface area contributed by atoms with Crippen LogP contribution >= 0.6 is 0 Å². The molecule has 0 saturated carbocycles. The van der Waals surface area contributed by atoms with Crippen LogP contribution in [0.4, 0.5) is 0 Å². The Morgan fingerprint density at radius 2 is 1.78 bits per heavy atom. The zero-order valence-corrected chi connectivity index (χ0v) is 13.9. The van der Waals surface area contributed by atoms with E-state index in [0.29, 0.717) is 0 Å². The van der Waals surface area contributed by atoms with Gasteiger partial charge in [-0.05, 0) is 24.6 Å². The molecule has 2 amide bonds. The van der Waals surface area contributed by atoms with Crippen LogP contribution in [0.15, 0.2) is 36.4 Å². The van der Waals surface area contributed by atoms with E-state index in [4.69, 9.17) is 0 Å². The summed E-state index contributed by atoms with van der Waals surface area (Å²) in [4.78, 5) is 28.2. The Kier molecular flexibility index (Phi) is 6.35. The maximum absolute atomic E-state index is 12.1. The second-order valence-corrected chi connectivity index (χ2v) is 5.79. The number of piperazine rings is 1. The molecule has 5 nitrogen and oxygen atoms in total. The molecular weight excluding hydrogens is 290 g/mol. The van der Waals surface area contributed by atoms with Gasteiger partial charge in [-0.25, -0.2) is 0 Å². The Bertz CT molecular complexity index is 561. The Hall–Kier alpha value is -2.14. The number of nitrogens with one attached hydrogen (secondary N) is 1. The molecule has 1 aliphatic heterocycles. The van der Waals surface area contributed by atoms with Crippen molar-refractivity contribution in [3.63, 3.8) is 0 Å². The van der Waals surface area contributed by atoms with Crippen LogP contribution in [0.3, 0.4) is 0 Å². The maximum atomic E-state index is 12.1. The monoisotopic (exact) mass is 315 g/mol. The average molecular weight is 315 g/mol.